The van der Waals surface area contributed by atoms with Crippen LogP contribution < -0.4 is 16.0 Å². The third-order valence-corrected chi connectivity index (χ3v) is 4.30. The summed E-state index contributed by atoms with van der Waals surface area (Å²) in [4.78, 5) is 11.6. The van der Waals surface area contributed by atoms with Gasteiger partial charge in [0.2, 0.25) is 5.95 Å². The normalized spacial score (nSPS) is 17.2. The van der Waals surface area contributed by atoms with Gasteiger partial charge in [0.1, 0.15) is 5.82 Å². The number of aromatic nitrogens is 2. The summed E-state index contributed by atoms with van der Waals surface area (Å²) in [5.41, 5.74) is 8.56. The molecule has 3 rings (SSSR count). The maximum absolute atomic E-state index is 9.05. The first-order valence-electron chi connectivity index (χ1n) is 8.83. The maximum Gasteiger partial charge on any atom is 0.229 e. The van der Waals surface area contributed by atoms with Crippen molar-refractivity contribution in [2.75, 3.05) is 23.3 Å². The molecule has 0 bridgehead atoms. The Morgan fingerprint density at radius 2 is 2.24 bits per heavy atom. The molecule has 25 heavy (non-hydrogen) atoms. The summed E-state index contributed by atoms with van der Waals surface area (Å²) >= 11 is 0. The first-order chi connectivity index (χ1) is 12.2. The zero-order valence-corrected chi connectivity index (χ0v) is 14.6. The van der Waals surface area contributed by atoms with E-state index in [1.165, 1.54) is 0 Å². The van der Waals surface area contributed by atoms with Crippen molar-refractivity contribution in [1.29, 1.82) is 5.26 Å². The van der Waals surface area contributed by atoms with E-state index in [1.54, 1.807) is 12.1 Å². The molecule has 0 radical (unpaired) electrons. The Morgan fingerprint density at radius 3 is 3.00 bits per heavy atom. The molecule has 1 aromatic heterocycles. The molecule has 1 atom stereocenters. The van der Waals surface area contributed by atoms with E-state index in [0.29, 0.717) is 11.5 Å². The van der Waals surface area contributed by atoms with Crippen LogP contribution in [0.5, 0.6) is 0 Å². The number of nitriles is 1. The van der Waals surface area contributed by atoms with E-state index < -0.39 is 0 Å². The molecule has 6 nitrogen and oxygen atoms in total. The lowest BCUT2D eigenvalue weighted by Gasteiger charge is -2.32. The average molecular weight is 336 g/mol. The van der Waals surface area contributed by atoms with Gasteiger partial charge < -0.3 is 16.0 Å². The van der Waals surface area contributed by atoms with Crippen LogP contribution in [0.4, 0.5) is 17.5 Å². The lowest BCUT2D eigenvalue weighted by Crippen LogP contribution is -2.43. The Hall–Kier alpha value is -2.65. The van der Waals surface area contributed by atoms with Crippen molar-refractivity contribution in [2.45, 2.75) is 38.6 Å². The van der Waals surface area contributed by atoms with E-state index in [2.05, 4.69) is 39.2 Å². The molecule has 2 aromatic rings. The lowest BCUT2D eigenvalue weighted by atomic mass is 10.1. The molecule has 1 aliphatic heterocycles. The number of nitrogens with zero attached hydrogens (tertiary/aromatic N) is 4. The van der Waals surface area contributed by atoms with Crippen LogP contribution in [-0.4, -0.2) is 29.1 Å². The third-order valence-electron chi connectivity index (χ3n) is 4.30. The van der Waals surface area contributed by atoms with Crippen LogP contribution in [0.3, 0.4) is 0 Å². The molecule has 1 fully saturated rings. The summed E-state index contributed by atoms with van der Waals surface area (Å²) in [6.07, 6.45) is 4.08. The molecular weight excluding hydrogens is 312 g/mol. The quantitative estimate of drug-likeness (QED) is 0.872. The minimum atomic E-state index is 0.196. The van der Waals surface area contributed by atoms with Gasteiger partial charge in [-0.05, 0) is 37.5 Å². The topological polar surface area (TPSA) is 90.9 Å². The average Bonchev–Trinajstić information content (AvgIpc) is 2.62. The largest absolute Gasteiger partial charge is 0.355 e. The molecule has 2 heterocycles. The Labute approximate surface area is 148 Å². The van der Waals surface area contributed by atoms with E-state index in [-0.39, 0.29) is 6.04 Å². The minimum absolute atomic E-state index is 0.196. The molecule has 0 spiro atoms. The summed E-state index contributed by atoms with van der Waals surface area (Å²) in [6, 6.07) is 11.7. The third kappa shape index (κ3) is 4.46. The molecule has 0 aliphatic carbocycles. The second-order valence-electron chi connectivity index (χ2n) is 6.46. The van der Waals surface area contributed by atoms with Gasteiger partial charge in [-0.2, -0.15) is 10.2 Å². The van der Waals surface area contributed by atoms with Gasteiger partial charge >= 0.3 is 0 Å². The van der Waals surface area contributed by atoms with Crippen molar-refractivity contribution in [3.63, 3.8) is 0 Å². The van der Waals surface area contributed by atoms with Crippen LogP contribution in [0.1, 0.15) is 37.4 Å². The van der Waals surface area contributed by atoms with Crippen molar-refractivity contribution >= 4 is 17.5 Å². The maximum atomic E-state index is 9.05. The zero-order valence-electron chi connectivity index (χ0n) is 14.6. The van der Waals surface area contributed by atoms with Crippen LogP contribution in [-0.2, 0) is 6.42 Å². The zero-order chi connectivity index (χ0) is 17.6. The Balaban J connectivity index is 1.88. The standard InChI is InChI=1S/C19H24N6/c1-2-5-16-11-18(25-9-4-7-15(21)13-25)24-19(22-16)23-17-8-3-6-14(10-17)12-20/h3,6,8,10-11,15H,2,4-5,7,9,13,21H2,1H3,(H,22,23,24). The second kappa shape index (κ2) is 7.95. The number of rotatable bonds is 5. The van der Waals surface area contributed by atoms with Crippen LogP contribution in [0, 0.1) is 11.3 Å². The Kier molecular flexibility index (Phi) is 5.46. The molecule has 1 unspecified atom stereocenters. The van der Waals surface area contributed by atoms with E-state index in [4.69, 9.17) is 11.0 Å². The van der Waals surface area contributed by atoms with Crippen molar-refractivity contribution < 1.29 is 0 Å². The fourth-order valence-corrected chi connectivity index (χ4v) is 3.10. The lowest BCUT2D eigenvalue weighted by molar-refractivity contribution is 0.503. The highest BCUT2D eigenvalue weighted by Gasteiger charge is 2.19. The van der Waals surface area contributed by atoms with Crippen molar-refractivity contribution in [3.8, 4) is 6.07 Å². The molecule has 0 amide bonds. The van der Waals surface area contributed by atoms with Crippen molar-refractivity contribution in [1.82, 2.24) is 9.97 Å². The number of anilines is 3. The number of hydrogen-bond acceptors (Lipinski definition) is 6. The molecule has 6 heteroatoms. The van der Waals surface area contributed by atoms with Crippen LogP contribution in [0.15, 0.2) is 30.3 Å². The molecular formula is C19H24N6. The first-order valence-corrected chi connectivity index (χ1v) is 8.83. The highest BCUT2D eigenvalue weighted by Crippen LogP contribution is 2.22. The minimum Gasteiger partial charge on any atom is -0.355 e. The van der Waals surface area contributed by atoms with E-state index in [1.807, 2.05) is 12.1 Å². The number of benzene rings is 1. The van der Waals surface area contributed by atoms with Crippen LogP contribution in [0.2, 0.25) is 0 Å². The van der Waals surface area contributed by atoms with Gasteiger partial charge in [0.25, 0.3) is 0 Å². The van der Waals surface area contributed by atoms with Gasteiger partial charge in [0.15, 0.2) is 0 Å². The molecule has 0 saturated carbocycles. The second-order valence-corrected chi connectivity index (χ2v) is 6.46. The van der Waals surface area contributed by atoms with Gasteiger partial charge in [0, 0.05) is 36.6 Å². The van der Waals surface area contributed by atoms with E-state index in [0.717, 1.165) is 56.0 Å². The Bertz CT molecular complexity index is 767. The molecule has 130 valence electrons. The summed E-state index contributed by atoms with van der Waals surface area (Å²) in [6.45, 7) is 3.94. The van der Waals surface area contributed by atoms with Crippen LogP contribution >= 0.6 is 0 Å². The van der Waals surface area contributed by atoms with Crippen LogP contribution in [0.25, 0.3) is 0 Å². The summed E-state index contributed by atoms with van der Waals surface area (Å²) in [5, 5.41) is 12.3. The fraction of sp³-hybridized carbons (Fsp3) is 0.421. The monoisotopic (exact) mass is 336 g/mol. The SMILES string of the molecule is CCCc1cc(N2CCCC(N)C2)nc(Nc2cccc(C#N)c2)n1. The summed E-state index contributed by atoms with van der Waals surface area (Å²) in [5.74, 6) is 1.49. The van der Waals surface area contributed by atoms with Gasteiger partial charge in [0.05, 0.1) is 11.6 Å². The van der Waals surface area contributed by atoms with Gasteiger partial charge in [-0.15, -0.1) is 0 Å². The van der Waals surface area contributed by atoms with E-state index in [9.17, 15) is 0 Å². The predicted molar refractivity (Wildman–Crippen MR) is 99.9 cm³/mol. The van der Waals surface area contributed by atoms with E-state index >= 15 is 0 Å². The number of hydrogen-bond donors (Lipinski definition) is 2. The van der Waals surface area contributed by atoms with Gasteiger partial charge in [-0.25, -0.2) is 4.98 Å². The smallest absolute Gasteiger partial charge is 0.229 e. The highest BCUT2D eigenvalue weighted by molar-refractivity contribution is 5.58. The fourth-order valence-electron chi connectivity index (χ4n) is 3.10. The molecule has 1 aromatic carbocycles. The number of aryl methyl sites for hydroxylation is 1. The van der Waals surface area contributed by atoms with Crippen molar-refractivity contribution in [2.24, 2.45) is 5.73 Å². The molecule has 1 saturated heterocycles. The van der Waals surface area contributed by atoms with Gasteiger partial charge in [-0.1, -0.05) is 19.4 Å². The number of nitrogens with one attached hydrogen (secondary N) is 1. The first kappa shape index (κ1) is 17.2. The Morgan fingerprint density at radius 1 is 1.36 bits per heavy atom. The summed E-state index contributed by atoms with van der Waals surface area (Å²) < 4.78 is 0. The van der Waals surface area contributed by atoms with Gasteiger partial charge in [-0.3, -0.25) is 0 Å². The highest BCUT2D eigenvalue weighted by atomic mass is 15.2. The number of piperidine rings is 1. The summed E-state index contributed by atoms with van der Waals surface area (Å²) in [7, 11) is 0. The molecule has 1 aliphatic rings. The van der Waals surface area contributed by atoms with Crippen molar-refractivity contribution in [3.05, 3.63) is 41.6 Å². The molecule has 3 N–H and O–H groups in total. The predicted octanol–water partition coefficient (Wildman–Crippen LogP) is 2.97. The number of nitrogens with two attached hydrogens (primary N) is 1.